The van der Waals surface area contributed by atoms with Gasteiger partial charge in [0.05, 0.1) is 10.6 Å². The molecule has 1 aromatic carbocycles. The Kier molecular flexibility index (Phi) is 5.85. The second-order valence-electron chi connectivity index (χ2n) is 7.11. The Balaban J connectivity index is 1.83. The zero-order valence-electron chi connectivity index (χ0n) is 15.6. The highest BCUT2D eigenvalue weighted by Crippen LogP contribution is 2.23. The summed E-state index contributed by atoms with van der Waals surface area (Å²) in [5.74, 6) is -0.609. The van der Waals surface area contributed by atoms with Crippen molar-refractivity contribution < 1.29 is 13.2 Å². The lowest BCUT2D eigenvalue weighted by atomic mass is 9.91. The molecular formula is C19H24N4O4S. The molecule has 2 aromatic rings. The van der Waals surface area contributed by atoms with Gasteiger partial charge in [0.15, 0.2) is 9.84 Å². The smallest absolute Gasteiger partial charge is 0.263 e. The molecule has 1 aliphatic carbocycles. The highest BCUT2D eigenvalue weighted by molar-refractivity contribution is 7.90. The summed E-state index contributed by atoms with van der Waals surface area (Å²) in [5, 5.41) is 5.89. The lowest BCUT2D eigenvalue weighted by molar-refractivity contribution is 0.102. The fourth-order valence-electron chi connectivity index (χ4n) is 3.31. The number of hydrogen-bond donors (Lipinski definition) is 4. The van der Waals surface area contributed by atoms with Gasteiger partial charge in [-0.05, 0) is 49.9 Å². The van der Waals surface area contributed by atoms with E-state index in [1.54, 1.807) is 12.1 Å². The van der Waals surface area contributed by atoms with E-state index in [2.05, 4.69) is 15.6 Å². The molecule has 0 atom stereocenters. The Morgan fingerprint density at radius 2 is 1.89 bits per heavy atom. The van der Waals surface area contributed by atoms with Gasteiger partial charge in [-0.15, -0.1) is 0 Å². The first kappa shape index (κ1) is 20.1. The van der Waals surface area contributed by atoms with Crippen LogP contribution in [0.2, 0.25) is 0 Å². The van der Waals surface area contributed by atoms with Crippen LogP contribution >= 0.6 is 0 Å². The summed E-state index contributed by atoms with van der Waals surface area (Å²) in [5.41, 5.74) is 6.12. The molecule has 1 heterocycles. The molecule has 0 saturated heterocycles. The summed E-state index contributed by atoms with van der Waals surface area (Å²) in [6.45, 7) is 0. The van der Waals surface area contributed by atoms with Crippen LogP contribution in [0.5, 0.6) is 0 Å². The quantitative estimate of drug-likeness (QED) is 0.599. The molecule has 1 aromatic heterocycles. The minimum Gasteiger partial charge on any atom is -0.381 e. The number of sulfone groups is 1. The van der Waals surface area contributed by atoms with Gasteiger partial charge in [-0.25, -0.2) is 8.42 Å². The molecule has 1 fully saturated rings. The van der Waals surface area contributed by atoms with E-state index in [9.17, 15) is 18.0 Å². The van der Waals surface area contributed by atoms with Crippen molar-refractivity contribution in [3.8, 4) is 0 Å². The lowest BCUT2D eigenvalue weighted by Gasteiger charge is -2.28. The Bertz CT molecular complexity index is 1020. The molecule has 3 rings (SSSR count). The molecule has 1 aliphatic rings. The number of H-pyrrole nitrogens is 1. The molecule has 28 heavy (non-hydrogen) atoms. The Labute approximate surface area is 163 Å². The molecule has 5 N–H and O–H groups in total. The zero-order chi connectivity index (χ0) is 20.3. The maximum atomic E-state index is 12.8. The van der Waals surface area contributed by atoms with Crippen LogP contribution in [-0.4, -0.2) is 37.6 Å². The highest BCUT2D eigenvalue weighted by atomic mass is 32.2. The Morgan fingerprint density at radius 3 is 2.57 bits per heavy atom. The first-order valence-corrected chi connectivity index (χ1v) is 11.0. The predicted octanol–water partition coefficient (Wildman–Crippen LogP) is 1.71. The fraction of sp³-hybridized carbons (Fsp3) is 0.368. The summed E-state index contributed by atoms with van der Waals surface area (Å²) < 4.78 is 23.4. The molecule has 0 bridgehead atoms. The van der Waals surface area contributed by atoms with E-state index in [1.807, 2.05) is 0 Å². The second-order valence-corrected chi connectivity index (χ2v) is 9.12. The topological polar surface area (TPSA) is 134 Å². The van der Waals surface area contributed by atoms with Gasteiger partial charge >= 0.3 is 0 Å². The first-order valence-electron chi connectivity index (χ1n) is 9.09. The van der Waals surface area contributed by atoms with Crippen molar-refractivity contribution in [1.29, 1.82) is 0 Å². The second kappa shape index (κ2) is 8.15. The van der Waals surface area contributed by atoms with E-state index < -0.39 is 21.3 Å². The van der Waals surface area contributed by atoms with E-state index in [1.165, 1.54) is 24.4 Å². The van der Waals surface area contributed by atoms with E-state index in [-0.39, 0.29) is 22.5 Å². The summed E-state index contributed by atoms with van der Waals surface area (Å²) >= 11 is 0. The van der Waals surface area contributed by atoms with Crippen molar-refractivity contribution in [2.75, 3.05) is 16.9 Å². The number of nitrogens with two attached hydrogens (primary N) is 1. The molecule has 0 spiro atoms. The zero-order valence-corrected chi connectivity index (χ0v) is 16.4. The normalized spacial score (nSPS) is 19.8. The van der Waals surface area contributed by atoms with Crippen molar-refractivity contribution in [2.45, 2.75) is 42.7 Å². The number of carbonyl (C=O) groups excluding carboxylic acids is 1. The maximum Gasteiger partial charge on any atom is 0.263 e. The number of anilines is 2. The highest BCUT2D eigenvalue weighted by Gasteiger charge is 2.22. The van der Waals surface area contributed by atoms with Gasteiger partial charge in [0.2, 0.25) is 0 Å². The molecule has 9 heteroatoms. The monoisotopic (exact) mass is 404 g/mol. The fourth-order valence-corrected chi connectivity index (χ4v) is 3.97. The molecule has 1 saturated carbocycles. The third-order valence-corrected chi connectivity index (χ3v) is 5.95. The number of aromatic nitrogens is 1. The van der Waals surface area contributed by atoms with E-state index >= 15 is 0 Å². The molecule has 8 nitrogen and oxygen atoms in total. The molecule has 0 radical (unpaired) electrons. The number of carbonyl (C=O) groups is 1. The molecule has 0 aliphatic heterocycles. The van der Waals surface area contributed by atoms with Crippen molar-refractivity contribution >= 4 is 27.1 Å². The van der Waals surface area contributed by atoms with Crippen LogP contribution in [0.1, 0.15) is 36.0 Å². The summed E-state index contributed by atoms with van der Waals surface area (Å²) in [7, 11) is -3.41. The van der Waals surface area contributed by atoms with Crippen molar-refractivity contribution in [3.05, 3.63) is 52.4 Å². The van der Waals surface area contributed by atoms with Gasteiger partial charge in [0.25, 0.3) is 11.5 Å². The van der Waals surface area contributed by atoms with Crippen LogP contribution in [0, 0.1) is 0 Å². The van der Waals surface area contributed by atoms with E-state index in [0.29, 0.717) is 11.4 Å². The van der Waals surface area contributed by atoms with E-state index in [4.69, 9.17) is 5.73 Å². The predicted molar refractivity (Wildman–Crippen MR) is 108 cm³/mol. The maximum absolute atomic E-state index is 12.8. The van der Waals surface area contributed by atoms with Crippen LogP contribution in [-0.2, 0) is 9.84 Å². The summed E-state index contributed by atoms with van der Waals surface area (Å²) in [6, 6.07) is 7.90. The summed E-state index contributed by atoms with van der Waals surface area (Å²) in [4.78, 5) is 27.7. The number of rotatable bonds is 5. The van der Waals surface area contributed by atoms with Crippen LogP contribution in [0.3, 0.4) is 0 Å². The van der Waals surface area contributed by atoms with Gasteiger partial charge in [-0.1, -0.05) is 6.07 Å². The van der Waals surface area contributed by atoms with Gasteiger partial charge < -0.3 is 21.4 Å². The van der Waals surface area contributed by atoms with Crippen molar-refractivity contribution in [3.63, 3.8) is 0 Å². The van der Waals surface area contributed by atoms with E-state index in [0.717, 1.165) is 31.9 Å². The van der Waals surface area contributed by atoms with Crippen molar-refractivity contribution in [2.24, 2.45) is 5.73 Å². The van der Waals surface area contributed by atoms with Crippen molar-refractivity contribution in [1.82, 2.24) is 4.98 Å². The van der Waals surface area contributed by atoms with Gasteiger partial charge in [0, 0.05) is 30.2 Å². The lowest BCUT2D eigenvalue weighted by Crippen LogP contribution is -2.34. The number of nitrogens with one attached hydrogen (secondary N) is 3. The first-order chi connectivity index (χ1) is 13.2. The SMILES string of the molecule is CS(=O)(=O)c1cccc(NC(=O)c2c(NC3CCC(N)CC3)cc[nH]c2=O)c1. The molecule has 1 amide bonds. The summed E-state index contributed by atoms with van der Waals surface area (Å²) in [6.07, 6.45) is 6.09. The standard InChI is InChI=1S/C19H24N4O4S/c1-28(26,27)15-4-2-3-14(11-15)23-19(25)17-16(9-10-21-18(17)24)22-13-7-5-12(20)6-8-13/h2-4,9-13H,5-8,20H2,1H3,(H,23,25)(H2,21,22,24). The number of hydrogen-bond acceptors (Lipinski definition) is 6. The average molecular weight is 404 g/mol. The Morgan fingerprint density at radius 1 is 1.18 bits per heavy atom. The third-order valence-electron chi connectivity index (χ3n) is 4.84. The largest absolute Gasteiger partial charge is 0.381 e. The van der Waals surface area contributed by atoms with Gasteiger partial charge in [-0.3, -0.25) is 9.59 Å². The number of pyridine rings is 1. The van der Waals surface area contributed by atoms with Crippen LogP contribution < -0.4 is 21.9 Å². The van der Waals surface area contributed by atoms with Gasteiger partial charge in [-0.2, -0.15) is 0 Å². The molecular weight excluding hydrogens is 380 g/mol. The average Bonchev–Trinajstić information content (AvgIpc) is 2.63. The third kappa shape index (κ3) is 4.79. The number of benzene rings is 1. The molecule has 150 valence electrons. The van der Waals surface area contributed by atoms with Crippen LogP contribution in [0.15, 0.2) is 46.2 Å². The minimum absolute atomic E-state index is 0.0397. The molecule has 0 unspecified atom stereocenters. The van der Waals surface area contributed by atoms with Gasteiger partial charge in [0.1, 0.15) is 5.56 Å². The number of amides is 1. The van der Waals surface area contributed by atoms with Crippen LogP contribution in [0.4, 0.5) is 11.4 Å². The minimum atomic E-state index is -3.41. The van der Waals surface area contributed by atoms with Crippen LogP contribution in [0.25, 0.3) is 0 Å². The number of aromatic amines is 1. The Hall–Kier alpha value is -2.65.